The lowest BCUT2D eigenvalue weighted by Crippen LogP contribution is -2.08. The van der Waals surface area contributed by atoms with Crippen LogP contribution in [0.25, 0.3) is 0 Å². The summed E-state index contributed by atoms with van der Waals surface area (Å²) in [6.07, 6.45) is 5.10. The van der Waals surface area contributed by atoms with Crippen LogP contribution in [0.4, 0.5) is 0 Å². The first-order chi connectivity index (χ1) is 9.91. The average Bonchev–Trinajstić information content (AvgIpc) is 3.00. The number of Topliss-reactive ketones (excluding diaryl/α,β-unsaturated/α-hetero) is 2. The van der Waals surface area contributed by atoms with Gasteiger partial charge in [-0.25, -0.2) is 0 Å². The first kappa shape index (κ1) is 15.8. The quantitative estimate of drug-likeness (QED) is 0.538. The number of carbonyl (C=O) groups excluding carboxylic acids is 2. The molecular weight excluding hydrogens is 298 g/mol. The molecule has 2 heterocycles. The Labute approximate surface area is 130 Å². The Balaban J connectivity index is 2.07. The summed E-state index contributed by atoms with van der Waals surface area (Å²) in [5.41, 5.74) is 2.49. The first-order valence-corrected chi connectivity index (χ1v) is 11.2. The summed E-state index contributed by atoms with van der Waals surface area (Å²) in [6, 6.07) is 0. The predicted octanol–water partition coefficient (Wildman–Crippen LogP) is 4.85. The van der Waals surface area contributed by atoms with E-state index in [4.69, 9.17) is 0 Å². The van der Waals surface area contributed by atoms with Crippen molar-refractivity contribution < 1.29 is 9.59 Å². The van der Waals surface area contributed by atoms with Crippen molar-refractivity contribution in [2.45, 2.75) is 82.4 Å². The predicted molar refractivity (Wildman–Crippen MR) is 91.8 cm³/mol. The largest absolute Gasteiger partial charge is 0.294 e. The summed E-state index contributed by atoms with van der Waals surface area (Å²) in [7, 11) is -0.805. The molecule has 3 rings (SSSR count). The molecule has 1 aliphatic carbocycles. The van der Waals surface area contributed by atoms with Gasteiger partial charge in [-0.05, 0) is 48.3 Å². The van der Waals surface area contributed by atoms with Crippen molar-refractivity contribution >= 4 is 27.4 Å². The third-order valence-corrected chi connectivity index (χ3v) is 12.5. The van der Waals surface area contributed by atoms with Crippen LogP contribution < -0.4 is 0 Å². The molecule has 0 aromatic rings. The van der Waals surface area contributed by atoms with Crippen molar-refractivity contribution in [3.8, 4) is 0 Å². The summed E-state index contributed by atoms with van der Waals surface area (Å²) in [5, 5.41) is 2.11. The van der Waals surface area contributed by atoms with Crippen LogP contribution >= 0.6 is 15.8 Å². The van der Waals surface area contributed by atoms with Gasteiger partial charge in [0.1, 0.15) is 0 Å². The molecule has 0 spiro atoms. The normalized spacial score (nSPS) is 39.0. The van der Waals surface area contributed by atoms with Gasteiger partial charge in [0.25, 0.3) is 0 Å². The maximum absolute atomic E-state index is 12.6. The summed E-state index contributed by atoms with van der Waals surface area (Å²) >= 11 is 0. The van der Waals surface area contributed by atoms with Crippen molar-refractivity contribution in [3.05, 3.63) is 10.6 Å². The number of hydrogen-bond donors (Lipinski definition) is 0. The molecule has 0 bridgehead atoms. The molecule has 0 aromatic carbocycles. The van der Waals surface area contributed by atoms with Gasteiger partial charge in [0.2, 0.25) is 0 Å². The van der Waals surface area contributed by atoms with Gasteiger partial charge < -0.3 is 0 Å². The Hall–Kier alpha value is -0.0600. The zero-order valence-corrected chi connectivity index (χ0v) is 15.3. The number of carbonyl (C=O) groups is 2. The van der Waals surface area contributed by atoms with E-state index in [1.165, 1.54) is 25.7 Å². The smallest absolute Gasteiger partial charge is 0.171 e. The summed E-state index contributed by atoms with van der Waals surface area (Å²) in [5.74, 6) is 0.381. The van der Waals surface area contributed by atoms with E-state index >= 15 is 0 Å². The highest BCUT2D eigenvalue weighted by atomic mass is 31.1. The highest BCUT2D eigenvalue weighted by Crippen LogP contribution is 2.70. The molecule has 116 valence electrons. The van der Waals surface area contributed by atoms with E-state index in [1.807, 2.05) is 0 Å². The third kappa shape index (κ3) is 2.57. The SMILES string of the molecule is C[C@H]1CC[C@H](C)P1C1=C(P2[C@@H](C)CC[C@@H]2C)C(=O)CC1=O. The molecule has 0 saturated carbocycles. The summed E-state index contributed by atoms with van der Waals surface area (Å²) < 4.78 is 0. The second-order valence-corrected chi connectivity index (χ2v) is 13.1. The van der Waals surface area contributed by atoms with Gasteiger partial charge in [-0.15, -0.1) is 0 Å². The molecule has 0 radical (unpaired) electrons. The highest BCUT2D eigenvalue weighted by molar-refractivity contribution is 7.70. The number of ketones is 2. The topological polar surface area (TPSA) is 34.1 Å². The molecule has 21 heavy (non-hydrogen) atoms. The zero-order chi connectivity index (χ0) is 15.3. The average molecular weight is 324 g/mol. The second kappa shape index (κ2) is 5.86. The van der Waals surface area contributed by atoms with Gasteiger partial charge in [0, 0.05) is 10.6 Å². The molecule has 4 heteroatoms. The van der Waals surface area contributed by atoms with Crippen LogP contribution in [0, 0.1) is 0 Å². The standard InChI is InChI=1S/C17H26O2P2/c1-10-5-6-11(2)20(10)16-14(18)9-15(19)17(16)21-12(3)7-8-13(21)4/h10-13H,5-9H2,1-4H3/t10-,11-,12-,13-/m0/s1. The molecule has 3 aliphatic rings. The van der Waals surface area contributed by atoms with E-state index in [-0.39, 0.29) is 18.0 Å². The fraction of sp³-hybridized carbons (Fsp3) is 0.765. The van der Waals surface area contributed by atoms with Crippen LogP contribution in [0.5, 0.6) is 0 Å². The van der Waals surface area contributed by atoms with Gasteiger partial charge in [-0.2, -0.15) is 0 Å². The Kier molecular flexibility index (Phi) is 4.41. The van der Waals surface area contributed by atoms with Gasteiger partial charge in [-0.3, -0.25) is 9.59 Å². The van der Waals surface area contributed by atoms with Gasteiger partial charge in [-0.1, -0.05) is 43.5 Å². The van der Waals surface area contributed by atoms with Crippen LogP contribution in [0.3, 0.4) is 0 Å². The van der Waals surface area contributed by atoms with Crippen molar-refractivity contribution in [1.29, 1.82) is 0 Å². The Bertz CT molecular complexity index is 447. The Morgan fingerprint density at radius 1 is 0.667 bits per heavy atom. The zero-order valence-electron chi connectivity index (χ0n) is 13.6. The summed E-state index contributed by atoms with van der Waals surface area (Å²) in [6.45, 7) is 9.19. The van der Waals surface area contributed by atoms with E-state index in [0.29, 0.717) is 22.6 Å². The van der Waals surface area contributed by atoms with E-state index in [2.05, 4.69) is 27.7 Å². The minimum absolute atomic E-state index is 0.182. The molecular formula is C17H26O2P2. The Morgan fingerprint density at radius 2 is 0.952 bits per heavy atom. The van der Waals surface area contributed by atoms with Crippen molar-refractivity contribution in [3.63, 3.8) is 0 Å². The molecule has 2 saturated heterocycles. The van der Waals surface area contributed by atoms with E-state index in [0.717, 1.165) is 10.6 Å². The van der Waals surface area contributed by atoms with E-state index < -0.39 is 15.8 Å². The fourth-order valence-corrected chi connectivity index (χ4v) is 11.8. The molecule has 0 unspecified atom stereocenters. The Morgan fingerprint density at radius 3 is 1.24 bits per heavy atom. The van der Waals surface area contributed by atoms with Crippen molar-refractivity contribution in [2.24, 2.45) is 0 Å². The van der Waals surface area contributed by atoms with Gasteiger partial charge in [0.15, 0.2) is 11.6 Å². The van der Waals surface area contributed by atoms with Gasteiger partial charge in [0.05, 0.1) is 6.42 Å². The lowest BCUT2D eigenvalue weighted by Gasteiger charge is -2.27. The van der Waals surface area contributed by atoms with Crippen LogP contribution in [-0.4, -0.2) is 34.2 Å². The molecule has 0 N–H and O–H groups in total. The lowest BCUT2D eigenvalue weighted by molar-refractivity contribution is -0.120. The monoisotopic (exact) mass is 324 g/mol. The van der Waals surface area contributed by atoms with Crippen LogP contribution in [0.1, 0.15) is 59.8 Å². The molecule has 0 aromatic heterocycles. The molecule has 2 aliphatic heterocycles. The van der Waals surface area contributed by atoms with Crippen LogP contribution in [0.2, 0.25) is 0 Å². The lowest BCUT2D eigenvalue weighted by atomic mass is 10.2. The fourth-order valence-electron chi connectivity index (χ4n) is 4.38. The molecule has 2 nitrogen and oxygen atoms in total. The van der Waals surface area contributed by atoms with E-state index in [1.54, 1.807) is 0 Å². The van der Waals surface area contributed by atoms with Crippen LogP contribution in [-0.2, 0) is 9.59 Å². The number of allylic oxidation sites excluding steroid dienone is 2. The van der Waals surface area contributed by atoms with Crippen molar-refractivity contribution in [2.75, 3.05) is 0 Å². The maximum atomic E-state index is 12.6. The highest BCUT2D eigenvalue weighted by Gasteiger charge is 2.46. The van der Waals surface area contributed by atoms with Crippen molar-refractivity contribution in [1.82, 2.24) is 0 Å². The number of rotatable bonds is 2. The first-order valence-electron chi connectivity index (χ1n) is 8.29. The molecule has 0 amide bonds. The minimum atomic E-state index is -0.403. The third-order valence-electron chi connectivity index (χ3n) is 5.49. The molecule has 4 atom stereocenters. The van der Waals surface area contributed by atoms with Gasteiger partial charge >= 0.3 is 0 Å². The summed E-state index contributed by atoms with van der Waals surface area (Å²) in [4.78, 5) is 25.2. The number of hydrogen-bond acceptors (Lipinski definition) is 2. The molecule has 2 fully saturated rings. The second-order valence-electron chi connectivity index (χ2n) is 7.09. The van der Waals surface area contributed by atoms with Crippen LogP contribution in [0.15, 0.2) is 10.6 Å². The maximum Gasteiger partial charge on any atom is 0.171 e. The minimum Gasteiger partial charge on any atom is -0.294 e. The van der Waals surface area contributed by atoms with E-state index in [9.17, 15) is 9.59 Å².